The lowest BCUT2D eigenvalue weighted by Gasteiger charge is -2.13. The molecule has 0 aliphatic heterocycles. The summed E-state index contributed by atoms with van der Waals surface area (Å²) in [7, 11) is 0. The predicted octanol–water partition coefficient (Wildman–Crippen LogP) is 5.76. The molecule has 0 spiro atoms. The average Bonchev–Trinajstić information content (AvgIpc) is 2.40. The van der Waals surface area contributed by atoms with Crippen molar-refractivity contribution in [3.05, 3.63) is 34.1 Å². The standard InChI is InChI=1S/C16H24BrFO/c1-2-3-4-5-6-7-8-12-15(19)13-10-9-11-14(18)16(13)17/h9-11,15,19H,2-8,12H2,1H3. The monoisotopic (exact) mass is 330 g/mol. The molecule has 1 unspecified atom stereocenters. The highest BCUT2D eigenvalue weighted by molar-refractivity contribution is 9.10. The zero-order valence-electron chi connectivity index (χ0n) is 11.7. The molecule has 1 nitrogen and oxygen atoms in total. The molecule has 1 rings (SSSR count). The maximum absolute atomic E-state index is 13.3. The second-order valence-corrected chi connectivity index (χ2v) is 5.86. The highest BCUT2D eigenvalue weighted by atomic mass is 79.9. The molecule has 0 amide bonds. The molecule has 0 saturated carbocycles. The van der Waals surface area contributed by atoms with Crippen molar-refractivity contribution in [3.8, 4) is 0 Å². The summed E-state index contributed by atoms with van der Waals surface area (Å²) in [6.07, 6.45) is 8.70. The van der Waals surface area contributed by atoms with Crippen molar-refractivity contribution in [2.75, 3.05) is 0 Å². The summed E-state index contributed by atoms with van der Waals surface area (Å²) < 4.78 is 13.7. The minimum Gasteiger partial charge on any atom is -0.388 e. The SMILES string of the molecule is CCCCCCCCCC(O)c1cccc(F)c1Br. The smallest absolute Gasteiger partial charge is 0.137 e. The largest absolute Gasteiger partial charge is 0.388 e. The minimum atomic E-state index is -0.569. The molecule has 0 saturated heterocycles. The van der Waals surface area contributed by atoms with E-state index in [2.05, 4.69) is 22.9 Å². The molecule has 1 N–H and O–H groups in total. The lowest BCUT2D eigenvalue weighted by Crippen LogP contribution is -2.00. The van der Waals surface area contributed by atoms with Crippen LogP contribution in [0.4, 0.5) is 4.39 Å². The van der Waals surface area contributed by atoms with Crippen LogP contribution < -0.4 is 0 Å². The molecule has 0 bridgehead atoms. The second-order valence-electron chi connectivity index (χ2n) is 5.07. The average molecular weight is 331 g/mol. The molecule has 108 valence electrons. The van der Waals surface area contributed by atoms with E-state index in [1.807, 2.05) is 0 Å². The number of unbranched alkanes of at least 4 members (excludes halogenated alkanes) is 6. The van der Waals surface area contributed by atoms with Crippen LogP contribution in [0.15, 0.2) is 22.7 Å². The first-order chi connectivity index (χ1) is 9.16. The molecule has 0 aromatic heterocycles. The Bertz CT molecular complexity index is 368. The Morgan fingerprint density at radius 3 is 2.42 bits per heavy atom. The van der Waals surface area contributed by atoms with Crippen LogP contribution in [-0.4, -0.2) is 5.11 Å². The van der Waals surface area contributed by atoms with Gasteiger partial charge in [-0.15, -0.1) is 0 Å². The van der Waals surface area contributed by atoms with Gasteiger partial charge in [-0.2, -0.15) is 0 Å². The van der Waals surface area contributed by atoms with Crippen LogP contribution in [-0.2, 0) is 0 Å². The number of aliphatic hydroxyl groups is 1. The van der Waals surface area contributed by atoms with Gasteiger partial charge in [0.2, 0.25) is 0 Å². The minimum absolute atomic E-state index is 0.309. The van der Waals surface area contributed by atoms with Crippen molar-refractivity contribution in [2.45, 2.75) is 64.4 Å². The molecule has 1 aromatic carbocycles. The van der Waals surface area contributed by atoms with E-state index in [0.717, 1.165) is 12.8 Å². The van der Waals surface area contributed by atoms with Gasteiger partial charge in [-0.3, -0.25) is 0 Å². The number of rotatable bonds is 9. The van der Waals surface area contributed by atoms with Crippen LogP contribution in [0.3, 0.4) is 0 Å². The third kappa shape index (κ3) is 6.05. The first-order valence-electron chi connectivity index (χ1n) is 7.28. The predicted molar refractivity (Wildman–Crippen MR) is 81.7 cm³/mol. The normalized spacial score (nSPS) is 12.6. The molecule has 0 fully saturated rings. The van der Waals surface area contributed by atoms with Gasteiger partial charge in [0.25, 0.3) is 0 Å². The van der Waals surface area contributed by atoms with Gasteiger partial charge in [0.15, 0.2) is 0 Å². The van der Waals surface area contributed by atoms with Crippen molar-refractivity contribution in [3.63, 3.8) is 0 Å². The van der Waals surface area contributed by atoms with Crippen molar-refractivity contribution < 1.29 is 9.50 Å². The topological polar surface area (TPSA) is 20.2 Å². The van der Waals surface area contributed by atoms with Crippen LogP contribution in [0.2, 0.25) is 0 Å². The van der Waals surface area contributed by atoms with Crippen LogP contribution in [0, 0.1) is 5.82 Å². The molecule has 19 heavy (non-hydrogen) atoms. The maximum atomic E-state index is 13.3. The molecule has 0 aliphatic rings. The zero-order chi connectivity index (χ0) is 14.1. The van der Waals surface area contributed by atoms with Gasteiger partial charge >= 0.3 is 0 Å². The van der Waals surface area contributed by atoms with E-state index < -0.39 is 6.10 Å². The van der Waals surface area contributed by atoms with Crippen molar-refractivity contribution in [1.29, 1.82) is 0 Å². The highest BCUT2D eigenvalue weighted by Crippen LogP contribution is 2.29. The van der Waals surface area contributed by atoms with Gasteiger partial charge < -0.3 is 5.11 Å². The summed E-state index contributed by atoms with van der Waals surface area (Å²) in [6.45, 7) is 2.22. The van der Waals surface area contributed by atoms with Crippen LogP contribution in [0.5, 0.6) is 0 Å². The van der Waals surface area contributed by atoms with Crippen LogP contribution in [0.1, 0.15) is 70.0 Å². The summed E-state index contributed by atoms with van der Waals surface area (Å²) >= 11 is 3.20. The van der Waals surface area contributed by atoms with E-state index in [9.17, 15) is 9.50 Å². The molecule has 3 heteroatoms. The number of hydrogen-bond acceptors (Lipinski definition) is 1. The van der Waals surface area contributed by atoms with Crippen molar-refractivity contribution in [2.24, 2.45) is 0 Å². The number of hydrogen-bond donors (Lipinski definition) is 1. The molecule has 0 radical (unpaired) electrons. The third-order valence-electron chi connectivity index (χ3n) is 3.42. The fourth-order valence-electron chi connectivity index (χ4n) is 2.23. The number of benzene rings is 1. The second kappa shape index (κ2) is 9.49. The Balaban J connectivity index is 2.24. The molecule has 1 aromatic rings. The van der Waals surface area contributed by atoms with Gasteiger partial charge in [-0.25, -0.2) is 4.39 Å². The summed E-state index contributed by atoms with van der Waals surface area (Å²) in [5, 5.41) is 10.1. The van der Waals surface area contributed by atoms with E-state index in [1.165, 1.54) is 38.2 Å². The maximum Gasteiger partial charge on any atom is 0.137 e. The Labute approximate surface area is 124 Å². The van der Waals surface area contributed by atoms with Crippen molar-refractivity contribution >= 4 is 15.9 Å². The molecule has 0 aliphatic carbocycles. The summed E-state index contributed by atoms with van der Waals surface area (Å²) in [6, 6.07) is 4.82. The van der Waals surface area contributed by atoms with Crippen LogP contribution in [0.25, 0.3) is 0 Å². The molecular formula is C16H24BrFO. The van der Waals surface area contributed by atoms with E-state index in [0.29, 0.717) is 16.5 Å². The van der Waals surface area contributed by atoms with Crippen molar-refractivity contribution in [1.82, 2.24) is 0 Å². The quantitative estimate of drug-likeness (QED) is 0.570. The van der Waals surface area contributed by atoms with Crippen LogP contribution >= 0.6 is 15.9 Å². The van der Waals surface area contributed by atoms with E-state index in [-0.39, 0.29) is 5.82 Å². The van der Waals surface area contributed by atoms with E-state index in [4.69, 9.17) is 0 Å². The fourth-order valence-corrected chi connectivity index (χ4v) is 2.76. The Morgan fingerprint density at radius 1 is 1.11 bits per heavy atom. The fraction of sp³-hybridized carbons (Fsp3) is 0.625. The summed E-state index contributed by atoms with van der Waals surface area (Å²) in [4.78, 5) is 0. The van der Waals surface area contributed by atoms with Gasteiger partial charge in [-0.1, -0.05) is 64.0 Å². The van der Waals surface area contributed by atoms with Gasteiger partial charge in [0, 0.05) is 0 Å². The number of aliphatic hydroxyl groups excluding tert-OH is 1. The van der Waals surface area contributed by atoms with Gasteiger partial charge in [-0.05, 0) is 34.0 Å². The van der Waals surface area contributed by atoms with E-state index >= 15 is 0 Å². The third-order valence-corrected chi connectivity index (χ3v) is 4.26. The molecular weight excluding hydrogens is 307 g/mol. The first-order valence-corrected chi connectivity index (χ1v) is 8.08. The lowest BCUT2D eigenvalue weighted by atomic mass is 10.0. The van der Waals surface area contributed by atoms with Gasteiger partial charge in [0.05, 0.1) is 10.6 Å². The first kappa shape index (κ1) is 16.6. The van der Waals surface area contributed by atoms with E-state index in [1.54, 1.807) is 12.1 Å². The lowest BCUT2D eigenvalue weighted by molar-refractivity contribution is 0.162. The Morgan fingerprint density at radius 2 is 1.74 bits per heavy atom. The zero-order valence-corrected chi connectivity index (χ0v) is 13.3. The summed E-state index contributed by atoms with van der Waals surface area (Å²) in [5.74, 6) is -0.309. The molecule has 0 heterocycles. The highest BCUT2D eigenvalue weighted by Gasteiger charge is 2.13. The number of halogens is 2. The Kier molecular flexibility index (Phi) is 8.31. The summed E-state index contributed by atoms with van der Waals surface area (Å²) in [5.41, 5.74) is 0.658. The Hall–Kier alpha value is -0.410. The van der Waals surface area contributed by atoms with Gasteiger partial charge in [0.1, 0.15) is 5.82 Å². The molecule has 1 atom stereocenters.